The molecule has 0 bridgehead atoms. The fourth-order valence-electron chi connectivity index (χ4n) is 4.60. The molecule has 0 radical (unpaired) electrons. The van der Waals surface area contributed by atoms with Gasteiger partial charge in [-0.25, -0.2) is 4.68 Å². The molecule has 38 heavy (non-hydrogen) atoms. The van der Waals surface area contributed by atoms with Crippen molar-refractivity contribution in [1.29, 1.82) is 0 Å². The van der Waals surface area contributed by atoms with Crippen LogP contribution in [0.25, 0.3) is 0 Å². The Bertz CT molecular complexity index is 1490. The van der Waals surface area contributed by atoms with Crippen LogP contribution >= 0.6 is 0 Å². The number of anilines is 1. The summed E-state index contributed by atoms with van der Waals surface area (Å²) in [6, 6.07) is 36.8. The number of aromatic nitrogens is 3. The second kappa shape index (κ2) is 10.6. The van der Waals surface area contributed by atoms with Gasteiger partial charge in [-0.2, -0.15) is 0 Å². The number of hydrogen-bond acceptors (Lipinski definition) is 5. The van der Waals surface area contributed by atoms with E-state index in [1.807, 2.05) is 109 Å². The molecule has 2 unspecified atom stereocenters. The molecule has 4 aromatic carbocycles. The van der Waals surface area contributed by atoms with Crippen molar-refractivity contribution in [1.82, 2.24) is 15.0 Å². The number of ether oxygens (including phenoxy) is 2. The summed E-state index contributed by atoms with van der Waals surface area (Å²) in [6.45, 7) is 0.959. The number of β-lactam (4-membered cyclic amide) rings is 1. The van der Waals surface area contributed by atoms with E-state index in [0.29, 0.717) is 24.7 Å². The van der Waals surface area contributed by atoms with Crippen molar-refractivity contribution >= 4 is 11.6 Å². The summed E-state index contributed by atoms with van der Waals surface area (Å²) < 4.78 is 13.8. The Morgan fingerprint density at radius 2 is 1.39 bits per heavy atom. The number of amides is 1. The maximum absolute atomic E-state index is 13.2. The molecule has 1 aromatic heterocycles. The predicted molar refractivity (Wildman–Crippen MR) is 144 cm³/mol. The van der Waals surface area contributed by atoms with Gasteiger partial charge in [-0.1, -0.05) is 84.1 Å². The maximum Gasteiger partial charge on any atom is 0.271 e. The lowest BCUT2D eigenvalue weighted by atomic mass is 9.89. The first kappa shape index (κ1) is 23.5. The van der Waals surface area contributed by atoms with Crippen LogP contribution in [0.4, 0.5) is 5.69 Å². The molecule has 0 aliphatic carbocycles. The van der Waals surface area contributed by atoms with Gasteiger partial charge in [0.25, 0.3) is 5.91 Å². The third-order valence-corrected chi connectivity index (χ3v) is 6.47. The van der Waals surface area contributed by atoms with Crippen molar-refractivity contribution in [2.24, 2.45) is 0 Å². The Kier molecular flexibility index (Phi) is 6.55. The summed E-state index contributed by atoms with van der Waals surface area (Å²) in [5.74, 6) is 1.29. The Hall–Kier alpha value is -4.91. The molecular weight excluding hydrogens is 476 g/mol. The van der Waals surface area contributed by atoms with Gasteiger partial charge >= 0.3 is 0 Å². The van der Waals surface area contributed by atoms with E-state index >= 15 is 0 Å². The van der Waals surface area contributed by atoms with Crippen molar-refractivity contribution in [2.45, 2.75) is 25.3 Å². The minimum atomic E-state index is -0.589. The first-order chi connectivity index (χ1) is 18.7. The summed E-state index contributed by atoms with van der Waals surface area (Å²) in [6.07, 6.45) is 1.30. The van der Waals surface area contributed by atoms with E-state index in [4.69, 9.17) is 9.47 Å². The van der Waals surface area contributed by atoms with Crippen LogP contribution in [-0.2, 0) is 17.9 Å². The highest BCUT2D eigenvalue weighted by Crippen LogP contribution is 2.41. The van der Waals surface area contributed by atoms with Crippen LogP contribution in [-0.4, -0.2) is 27.0 Å². The first-order valence-corrected chi connectivity index (χ1v) is 12.5. The number of nitrogens with zero attached hydrogens (tertiary/aromatic N) is 4. The van der Waals surface area contributed by atoms with Crippen molar-refractivity contribution in [3.8, 4) is 11.5 Å². The molecule has 1 fully saturated rings. The molecule has 1 saturated heterocycles. The van der Waals surface area contributed by atoms with E-state index < -0.39 is 6.10 Å². The average molecular weight is 503 g/mol. The molecule has 7 nitrogen and oxygen atoms in total. The minimum absolute atomic E-state index is 0.0774. The van der Waals surface area contributed by atoms with Gasteiger partial charge in [0.15, 0.2) is 0 Å². The summed E-state index contributed by atoms with van der Waals surface area (Å²) >= 11 is 0. The van der Waals surface area contributed by atoms with Gasteiger partial charge in [0.2, 0.25) is 6.10 Å². The molecule has 2 heterocycles. The number of para-hydroxylation sites is 1. The quantitative estimate of drug-likeness (QED) is 0.251. The monoisotopic (exact) mass is 502 g/mol. The van der Waals surface area contributed by atoms with Gasteiger partial charge in [0.05, 0.1) is 12.7 Å². The van der Waals surface area contributed by atoms with Crippen LogP contribution in [0.2, 0.25) is 0 Å². The van der Waals surface area contributed by atoms with Gasteiger partial charge in [-0.15, -0.1) is 5.10 Å². The zero-order valence-electron chi connectivity index (χ0n) is 20.6. The first-order valence-electron chi connectivity index (χ1n) is 12.5. The van der Waals surface area contributed by atoms with E-state index in [0.717, 1.165) is 22.5 Å². The molecule has 6 rings (SSSR count). The van der Waals surface area contributed by atoms with Crippen LogP contribution in [0.3, 0.4) is 0 Å². The molecule has 5 aromatic rings. The van der Waals surface area contributed by atoms with Crippen molar-refractivity contribution in [3.63, 3.8) is 0 Å². The lowest BCUT2D eigenvalue weighted by Crippen LogP contribution is -2.61. The van der Waals surface area contributed by atoms with Crippen molar-refractivity contribution in [3.05, 3.63) is 138 Å². The number of hydrogen-bond donors (Lipinski definition) is 0. The number of benzene rings is 4. The summed E-state index contributed by atoms with van der Waals surface area (Å²) in [5, 5.41) is 8.41. The Balaban J connectivity index is 1.13. The standard InChI is InChI=1S/C31H26N4O3/c36-31-30(38-28-14-8-3-9-15-28)29(24-12-6-2-7-13-24)35(31)26-16-18-27(19-17-26)37-22-25-21-34(33-32-25)20-23-10-4-1-5-11-23/h1-19,21,29-30H,20,22H2. The molecular formula is C31H26N4O3. The molecule has 1 amide bonds. The predicted octanol–water partition coefficient (Wildman–Crippen LogP) is 5.44. The molecule has 1 aliphatic heterocycles. The molecule has 0 spiro atoms. The fraction of sp³-hybridized carbons (Fsp3) is 0.129. The lowest BCUT2D eigenvalue weighted by Gasteiger charge is -2.46. The highest BCUT2D eigenvalue weighted by Gasteiger charge is 2.51. The Morgan fingerprint density at radius 1 is 0.737 bits per heavy atom. The Morgan fingerprint density at radius 3 is 2.11 bits per heavy atom. The average Bonchev–Trinajstić information content (AvgIpc) is 3.42. The van der Waals surface area contributed by atoms with Crippen LogP contribution in [0.15, 0.2) is 121 Å². The zero-order valence-corrected chi connectivity index (χ0v) is 20.6. The van der Waals surface area contributed by atoms with Gasteiger partial charge in [0.1, 0.15) is 29.8 Å². The Labute approximate surface area is 220 Å². The van der Waals surface area contributed by atoms with Crippen LogP contribution in [0.5, 0.6) is 11.5 Å². The summed E-state index contributed by atoms with van der Waals surface area (Å²) in [4.78, 5) is 15.0. The van der Waals surface area contributed by atoms with Crippen LogP contribution in [0.1, 0.15) is 22.9 Å². The SMILES string of the molecule is O=C1C(Oc2ccccc2)C(c2ccccc2)N1c1ccc(OCc2cn(Cc3ccccc3)nn2)cc1. The molecule has 2 atom stereocenters. The number of rotatable bonds is 9. The highest BCUT2D eigenvalue weighted by molar-refractivity contribution is 6.05. The van der Waals surface area contributed by atoms with E-state index in [2.05, 4.69) is 22.4 Å². The fourth-order valence-corrected chi connectivity index (χ4v) is 4.60. The smallest absolute Gasteiger partial charge is 0.271 e. The van der Waals surface area contributed by atoms with Crippen LogP contribution in [0, 0.1) is 0 Å². The second-order valence-corrected chi connectivity index (χ2v) is 9.09. The van der Waals surface area contributed by atoms with Gasteiger partial charge in [0, 0.05) is 5.69 Å². The largest absolute Gasteiger partial charge is 0.487 e. The number of carbonyl (C=O) groups excluding carboxylic acids is 1. The van der Waals surface area contributed by atoms with Crippen molar-refractivity contribution in [2.75, 3.05) is 4.90 Å². The normalized spacial score (nSPS) is 16.6. The number of carbonyl (C=O) groups is 1. The lowest BCUT2D eigenvalue weighted by molar-refractivity contribution is -0.135. The maximum atomic E-state index is 13.2. The molecule has 7 heteroatoms. The van der Waals surface area contributed by atoms with E-state index in [1.54, 1.807) is 9.58 Å². The topological polar surface area (TPSA) is 69.5 Å². The molecule has 0 N–H and O–H groups in total. The van der Waals surface area contributed by atoms with Gasteiger partial charge < -0.3 is 9.47 Å². The van der Waals surface area contributed by atoms with Gasteiger partial charge in [-0.3, -0.25) is 9.69 Å². The highest BCUT2D eigenvalue weighted by atomic mass is 16.5. The minimum Gasteiger partial charge on any atom is -0.487 e. The van der Waals surface area contributed by atoms with Gasteiger partial charge in [-0.05, 0) is 47.5 Å². The molecule has 188 valence electrons. The second-order valence-electron chi connectivity index (χ2n) is 9.09. The summed E-state index contributed by atoms with van der Waals surface area (Å²) in [7, 11) is 0. The third kappa shape index (κ3) is 4.99. The van der Waals surface area contributed by atoms with E-state index in [1.165, 1.54) is 0 Å². The van der Waals surface area contributed by atoms with Crippen LogP contribution < -0.4 is 14.4 Å². The third-order valence-electron chi connectivity index (χ3n) is 6.47. The van der Waals surface area contributed by atoms with E-state index in [9.17, 15) is 4.79 Å². The summed E-state index contributed by atoms with van der Waals surface area (Å²) in [5.41, 5.74) is 3.71. The molecule has 1 aliphatic rings. The molecule has 0 saturated carbocycles. The zero-order chi connectivity index (χ0) is 25.7. The van der Waals surface area contributed by atoms with E-state index in [-0.39, 0.29) is 11.9 Å². The van der Waals surface area contributed by atoms with Crippen molar-refractivity contribution < 1.29 is 14.3 Å².